The normalized spacial score (nSPS) is 13.3. The molecule has 2 aromatic rings. The summed E-state index contributed by atoms with van der Waals surface area (Å²) in [7, 11) is 0. The van der Waals surface area contributed by atoms with Gasteiger partial charge in [-0.2, -0.15) is 0 Å². The van der Waals surface area contributed by atoms with Crippen LogP contribution >= 0.6 is 0 Å². The number of fused-ring (bicyclic) bond motifs is 1. The molecule has 0 saturated carbocycles. The lowest BCUT2D eigenvalue weighted by Gasteiger charge is -2.31. The molecule has 0 spiro atoms. The average Bonchev–Trinajstić information content (AvgIpc) is 2.55. The maximum Gasteiger partial charge on any atom is 0.142 e. The molecule has 3 rings (SSSR count). The standard InChI is InChI=1S/C19H24N2O2/c1-15-5-4-6-17(13-15)22-11-3-2-9-21-10-12-23-19-8-7-16(20)14-18(19)21/h4-8,13-14H,2-3,9-12,20H2,1H3. The fraction of sp³-hybridized carbons (Fsp3) is 0.368. The van der Waals surface area contributed by atoms with Crippen molar-refractivity contribution < 1.29 is 9.47 Å². The first-order chi connectivity index (χ1) is 11.2. The SMILES string of the molecule is Cc1cccc(OCCCCN2CCOc3ccc(N)cc32)c1. The van der Waals surface area contributed by atoms with E-state index in [0.29, 0.717) is 0 Å². The van der Waals surface area contributed by atoms with E-state index in [1.165, 1.54) is 5.56 Å². The Hall–Kier alpha value is -2.36. The second-order valence-electron chi connectivity index (χ2n) is 5.93. The summed E-state index contributed by atoms with van der Waals surface area (Å²) in [6, 6.07) is 14.0. The van der Waals surface area contributed by atoms with Gasteiger partial charge in [-0.25, -0.2) is 0 Å². The number of hydrogen-bond acceptors (Lipinski definition) is 4. The van der Waals surface area contributed by atoms with Crippen LogP contribution in [0, 0.1) is 6.92 Å². The molecule has 0 fully saturated rings. The number of benzene rings is 2. The lowest BCUT2D eigenvalue weighted by molar-refractivity contribution is 0.297. The minimum atomic E-state index is 0.733. The van der Waals surface area contributed by atoms with Crippen molar-refractivity contribution in [2.24, 2.45) is 0 Å². The molecule has 2 aromatic carbocycles. The van der Waals surface area contributed by atoms with Gasteiger partial charge in [-0.3, -0.25) is 0 Å². The van der Waals surface area contributed by atoms with E-state index in [2.05, 4.69) is 24.0 Å². The van der Waals surface area contributed by atoms with Crippen molar-refractivity contribution in [3.8, 4) is 11.5 Å². The van der Waals surface area contributed by atoms with Gasteiger partial charge in [0.25, 0.3) is 0 Å². The molecule has 4 heteroatoms. The zero-order valence-electron chi connectivity index (χ0n) is 13.6. The summed E-state index contributed by atoms with van der Waals surface area (Å²) in [6.07, 6.45) is 2.11. The Morgan fingerprint density at radius 2 is 2.09 bits per heavy atom. The van der Waals surface area contributed by atoms with Gasteiger partial charge in [0.15, 0.2) is 0 Å². The van der Waals surface area contributed by atoms with E-state index >= 15 is 0 Å². The van der Waals surface area contributed by atoms with Crippen LogP contribution in [0.4, 0.5) is 11.4 Å². The summed E-state index contributed by atoms with van der Waals surface area (Å²) in [5.74, 6) is 1.89. The van der Waals surface area contributed by atoms with Gasteiger partial charge in [-0.1, -0.05) is 12.1 Å². The number of hydrogen-bond donors (Lipinski definition) is 1. The highest BCUT2D eigenvalue weighted by Crippen LogP contribution is 2.33. The molecular weight excluding hydrogens is 288 g/mol. The van der Waals surface area contributed by atoms with E-state index in [4.69, 9.17) is 15.2 Å². The van der Waals surface area contributed by atoms with Crippen LogP contribution in [0.2, 0.25) is 0 Å². The number of aryl methyl sites for hydroxylation is 1. The van der Waals surface area contributed by atoms with Crippen LogP contribution in [-0.2, 0) is 0 Å². The van der Waals surface area contributed by atoms with Crippen molar-refractivity contribution in [1.29, 1.82) is 0 Å². The molecule has 4 nitrogen and oxygen atoms in total. The summed E-state index contributed by atoms with van der Waals surface area (Å²) in [6.45, 7) is 5.47. The van der Waals surface area contributed by atoms with Crippen molar-refractivity contribution >= 4 is 11.4 Å². The molecule has 0 bridgehead atoms. The van der Waals surface area contributed by atoms with Crippen molar-refractivity contribution in [3.63, 3.8) is 0 Å². The quantitative estimate of drug-likeness (QED) is 0.653. The molecule has 1 heterocycles. The zero-order chi connectivity index (χ0) is 16.1. The molecule has 0 saturated heterocycles. The Balaban J connectivity index is 1.46. The second-order valence-corrected chi connectivity index (χ2v) is 5.93. The monoisotopic (exact) mass is 312 g/mol. The third-order valence-corrected chi connectivity index (χ3v) is 4.02. The van der Waals surface area contributed by atoms with Crippen molar-refractivity contribution in [2.75, 3.05) is 36.9 Å². The van der Waals surface area contributed by atoms with Crippen LogP contribution in [0.15, 0.2) is 42.5 Å². The number of unbranched alkanes of at least 4 members (excludes halogenated alkanes) is 1. The van der Waals surface area contributed by atoms with Gasteiger partial charge in [-0.15, -0.1) is 0 Å². The third-order valence-electron chi connectivity index (χ3n) is 4.02. The van der Waals surface area contributed by atoms with Gasteiger partial charge in [0.2, 0.25) is 0 Å². The van der Waals surface area contributed by atoms with Gasteiger partial charge in [0.1, 0.15) is 18.1 Å². The Bertz CT molecular complexity index is 658. The first-order valence-corrected chi connectivity index (χ1v) is 8.19. The third kappa shape index (κ3) is 4.09. The molecule has 122 valence electrons. The van der Waals surface area contributed by atoms with Crippen molar-refractivity contribution in [3.05, 3.63) is 48.0 Å². The summed E-state index contributed by atoms with van der Waals surface area (Å²) < 4.78 is 11.5. The number of ether oxygens (including phenoxy) is 2. The minimum Gasteiger partial charge on any atom is -0.494 e. The highest BCUT2D eigenvalue weighted by atomic mass is 16.5. The molecule has 0 atom stereocenters. The number of anilines is 2. The topological polar surface area (TPSA) is 47.7 Å². The average molecular weight is 312 g/mol. The van der Waals surface area contributed by atoms with E-state index in [1.807, 2.05) is 30.3 Å². The van der Waals surface area contributed by atoms with Crippen molar-refractivity contribution in [2.45, 2.75) is 19.8 Å². The maximum atomic E-state index is 5.89. The highest BCUT2D eigenvalue weighted by Gasteiger charge is 2.17. The number of nitrogens with zero attached hydrogens (tertiary/aromatic N) is 1. The van der Waals surface area contributed by atoms with E-state index in [1.54, 1.807) is 0 Å². The van der Waals surface area contributed by atoms with Crippen LogP contribution in [0.1, 0.15) is 18.4 Å². The Morgan fingerprint density at radius 3 is 2.96 bits per heavy atom. The number of nitrogens with two attached hydrogens (primary N) is 1. The Morgan fingerprint density at radius 1 is 1.17 bits per heavy atom. The predicted octanol–water partition coefficient (Wildman–Crippen LogP) is 3.64. The molecule has 0 aromatic heterocycles. The lowest BCUT2D eigenvalue weighted by atomic mass is 10.2. The molecule has 0 unspecified atom stereocenters. The fourth-order valence-electron chi connectivity index (χ4n) is 2.82. The fourth-order valence-corrected chi connectivity index (χ4v) is 2.82. The largest absolute Gasteiger partial charge is 0.494 e. The summed E-state index contributed by atoms with van der Waals surface area (Å²) in [5, 5.41) is 0. The smallest absolute Gasteiger partial charge is 0.142 e. The summed E-state index contributed by atoms with van der Waals surface area (Å²) in [4.78, 5) is 2.35. The molecule has 0 amide bonds. The molecule has 2 N–H and O–H groups in total. The van der Waals surface area contributed by atoms with Gasteiger partial charge < -0.3 is 20.1 Å². The van der Waals surface area contributed by atoms with Crippen LogP contribution in [0.3, 0.4) is 0 Å². The van der Waals surface area contributed by atoms with E-state index in [-0.39, 0.29) is 0 Å². The Labute approximate surface area is 137 Å². The summed E-state index contributed by atoms with van der Waals surface area (Å²) in [5.41, 5.74) is 9.01. The van der Waals surface area contributed by atoms with Gasteiger partial charge in [0.05, 0.1) is 18.8 Å². The molecule has 0 aliphatic carbocycles. The second kappa shape index (κ2) is 7.27. The first-order valence-electron chi connectivity index (χ1n) is 8.19. The van der Waals surface area contributed by atoms with Gasteiger partial charge in [-0.05, 0) is 55.7 Å². The molecule has 1 aliphatic rings. The van der Waals surface area contributed by atoms with Crippen LogP contribution in [0.5, 0.6) is 11.5 Å². The summed E-state index contributed by atoms with van der Waals surface area (Å²) >= 11 is 0. The zero-order valence-corrected chi connectivity index (χ0v) is 13.6. The highest BCUT2D eigenvalue weighted by molar-refractivity contribution is 5.65. The number of rotatable bonds is 6. The van der Waals surface area contributed by atoms with Crippen LogP contribution < -0.4 is 20.1 Å². The molecule has 23 heavy (non-hydrogen) atoms. The van der Waals surface area contributed by atoms with Gasteiger partial charge in [0, 0.05) is 12.2 Å². The van der Waals surface area contributed by atoms with E-state index < -0.39 is 0 Å². The van der Waals surface area contributed by atoms with Crippen LogP contribution in [0.25, 0.3) is 0 Å². The van der Waals surface area contributed by atoms with Crippen molar-refractivity contribution in [1.82, 2.24) is 0 Å². The predicted molar refractivity (Wildman–Crippen MR) is 94.5 cm³/mol. The maximum absolute atomic E-state index is 5.89. The Kier molecular flexibility index (Phi) is 4.91. The molecule has 1 aliphatic heterocycles. The van der Waals surface area contributed by atoms with E-state index in [0.717, 1.165) is 62.0 Å². The minimum absolute atomic E-state index is 0.733. The van der Waals surface area contributed by atoms with Gasteiger partial charge >= 0.3 is 0 Å². The molecule has 0 radical (unpaired) electrons. The molecular formula is C19H24N2O2. The van der Waals surface area contributed by atoms with Crippen LogP contribution in [-0.4, -0.2) is 26.3 Å². The first kappa shape index (κ1) is 15.5. The number of nitrogen functional groups attached to an aromatic ring is 1. The van der Waals surface area contributed by atoms with E-state index in [9.17, 15) is 0 Å². The lowest BCUT2D eigenvalue weighted by Crippen LogP contribution is -2.33.